The van der Waals surface area contributed by atoms with Crippen molar-refractivity contribution in [3.63, 3.8) is 0 Å². The van der Waals surface area contributed by atoms with Crippen LogP contribution in [0.25, 0.3) is 0 Å². The Morgan fingerprint density at radius 3 is 1.89 bits per heavy atom. The van der Waals surface area contributed by atoms with Crippen LogP contribution in [-0.4, -0.2) is 26.9 Å². The molecule has 0 saturated carbocycles. The van der Waals surface area contributed by atoms with Gasteiger partial charge in [0.05, 0.1) is 6.04 Å². The molecule has 4 heteroatoms. The lowest BCUT2D eigenvalue weighted by molar-refractivity contribution is -0.0823. The summed E-state index contributed by atoms with van der Waals surface area (Å²) in [5, 5.41) is 20.1. The van der Waals surface area contributed by atoms with Gasteiger partial charge in [-0.2, -0.15) is 12.6 Å². The van der Waals surface area contributed by atoms with E-state index in [-0.39, 0.29) is 10.8 Å². The first kappa shape index (κ1) is 7.34. The normalized spacial score (nSPS) is 32.3. The first-order valence-electron chi connectivity index (χ1n) is 2.79. The summed E-state index contributed by atoms with van der Waals surface area (Å²) in [5.74, 6) is -1.68. The Bertz CT molecular complexity index is 129. The van der Waals surface area contributed by atoms with Crippen molar-refractivity contribution in [3.8, 4) is 0 Å². The quantitative estimate of drug-likeness (QED) is 0.227. The molecule has 1 fully saturated rings. The molecule has 1 unspecified atom stereocenters. The van der Waals surface area contributed by atoms with Crippen LogP contribution >= 0.6 is 12.6 Å². The zero-order valence-electron chi connectivity index (χ0n) is 5.42. The number of hydrogen-bond donors (Lipinski definition) is 4. The maximum atomic E-state index is 8.82. The van der Waals surface area contributed by atoms with Gasteiger partial charge in [0, 0.05) is 4.75 Å². The summed E-state index contributed by atoms with van der Waals surface area (Å²) in [5.41, 5.74) is 0. The third-order valence-corrected chi connectivity index (χ3v) is 1.64. The summed E-state index contributed by atoms with van der Waals surface area (Å²) >= 11 is 4.14. The molecule has 1 saturated heterocycles. The lowest BCUT2D eigenvalue weighted by atomic mass is 10.1. The molecule has 1 rings (SSSR count). The Morgan fingerprint density at radius 2 is 1.89 bits per heavy atom. The topological polar surface area (TPSA) is 62.4 Å². The van der Waals surface area contributed by atoms with E-state index in [1.807, 2.05) is 13.8 Å². The maximum Gasteiger partial charge on any atom is 0.240 e. The molecule has 0 aromatic rings. The predicted molar refractivity (Wildman–Crippen MR) is 37.2 cm³/mol. The summed E-state index contributed by atoms with van der Waals surface area (Å²) in [7, 11) is 0. The van der Waals surface area contributed by atoms with Crippen LogP contribution in [0.1, 0.15) is 13.8 Å². The SMILES string of the molecule is CC(C)(S)C1NC1(O)O. The Labute approximate surface area is 59.5 Å². The molecule has 0 bridgehead atoms. The number of aliphatic hydroxyl groups is 2. The second-order valence-electron chi connectivity index (χ2n) is 2.96. The molecule has 3 N–H and O–H groups in total. The van der Waals surface area contributed by atoms with Crippen LogP contribution in [0.2, 0.25) is 0 Å². The minimum atomic E-state index is -1.68. The van der Waals surface area contributed by atoms with Crippen molar-refractivity contribution in [1.82, 2.24) is 5.32 Å². The molecular weight excluding hydrogens is 138 g/mol. The molecule has 1 heterocycles. The zero-order chi connectivity index (χ0) is 7.28. The highest BCUT2D eigenvalue weighted by molar-refractivity contribution is 7.81. The van der Waals surface area contributed by atoms with Crippen molar-refractivity contribution in [1.29, 1.82) is 0 Å². The lowest BCUT2D eigenvalue weighted by Gasteiger charge is -2.14. The fourth-order valence-electron chi connectivity index (χ4n) is 0.840. The molecule has 0 aromatic heterocycles. The second-order valence-corrected chi connectivity index (χ2v) is 4.11. The summed E-state index contributed by atoms with van der Waals surface area (Å²) < 4.78 is -0.372. The van der Waals surface area contributed by atoms with Gasteiger partial charge >= 0.3 is 0 Å². The highest BCUT2D eigenvalue weighted by Crippen LogP contribution is 2.33. The van der Waals surface area contributed by atoms with Crippen molar-refractivity contribution in [2.45, 2.75) is 30.5 Å². The van der Waals surface area contributed by atoms with E-state index in [9.17, 15) is 0 Å². The standard InChI is InChI=1S/C5H11NO2S/c1-4(2,9)3-5(7,8)6-3/h3,6-9H,1-2H3. The van der Waals surface area contributed by atoms with Crippen LogP contribution in [-0.2, 0) is 0 Å². The summed E-state index contributed by atoms with van der Waals surface area (Å²) in [6, 6.07) is -0.312. The molecule has 1 aliphatic rings. The smallest absolute Gasteiger partial charge is 0.240 e. The van der Waals surface area contributed by atoms with Crippen LogP contribution in [0.5, 0.6) is 0 Å². The van der Waals surface area contributed by atoms with E-state index in [2.05, 4.69) is 17.9 Å². The molecule has 0 spiro atoms. The van der Waals surface area contributed by atoms with Crippen LogP contribution in [0.3, 0.4) is 0 Å². The number of thiol groups is 1. The van der Waals surface area contributed by atoms with Crippen molar-refractivity contribution >= 4 is 12.6 Å². The van der Waals surface area contributed by atoms with Crippen molar-refractivity contribution in [2.75, 3.05) is 0 Å². The van der Waals surface area contributed by atoms with Gasteiger partial charge < -0.3 is 10.2 Å². The average Bonchev–Trinajstić information content (AvgIpc) is 2.10. The van der Waals surface area contributed by atoms with Gasteiger partial charge in [-0.05, 0) is 13.8 Å². The molecule has 0 radical (unpaired) electrons. The van der Waals surface area contributed by atoms with Gasteiger partial charge in [-0.15, -0.1) is 0 Å². The fraction of sp³-hybridized carbons (Fsp3) is 1.00. The van der Waals surface area contributed by atoms with Crippen LogP contribution < -0.4 is 5.32 Å². The van der Waals surface area contributed by atoms with Gasteiger partial charge in [-0.25, -0.2) is 0 Å². The van der Waals surface area contributed by atoms with Gasteiger partial charge in [-0.3, -0.25) is 5.32 Å². The first-order chi connectivity index (χ1) is 3.84. The maximum absolute atomic E-state index is 8.82. The molecule has 54 valence electrons. The Morgan fingerprint density at radius 1 is 1.56 bits per heavy atom. The molecule has 9 heavy (non-hydrogen) atoms. The molecule has 0 aliphatic carbocycles. The van der Waals surface area contributed by atoms with Crippen molar-refractivity contribution in [3.05, 3.63) is 0 Å². The van der Waals surface area contributed by atoms with Crippen LogP contribution in [0.15, 0.2) is 0 Å². The van der Waals surface area contributed by atoms with E-state index in [4.69, 9.17) is 10.2 Å². The minimum absolute atomic E-state index is 0.312. The van der Waals surface area contributed by atoms with Crippen LogP contribution in [0.4, 0.5) is 0 Å². The third kappa shape index (κ3) is 1.38. The van der Waals surface area contributed by atoms with Gasteiger partial charge in [0.2, 0.25) is 5.91 Å². The fourth-order valence-corrected chi connectivity index (χ4v) is 1.08. The highest BCUT2D eigenvalue weighted by Gasteiger charge is 2.58. The van der Waals surface area contributed by atoms with E-state index < -0.39 is 5.91 Å². The summed E-state index contributed by atoms with van der Waals surface area (Å²) in [6.45, 7) is 3.64. The Balaban J connectivity index is 2.52. The predicted octanol–water partition coefficient (Wildman–Crippen LogP) is -0.695. The molecule has 3 nitrogen and oxygen atoms in total. The largest absolute Gasteiger partial charge is 0.352 e. The average molecular weight is 149 g/mol. The highest BCUT2D eigenvalue weighted by atomic mass is 32.1. The molecule has 0 aromatic carbocycles. The van der Waals surface area contributed by atoms with Gasteiger partial charge in [0.15, 0.2) is 0 Å². The van der Waals surface area contributed by atoms with Gasteiger partial charge in [0.1, 0.15) is 0 Å². The van der Waals surface area contributed by atoms with Crippen molar-refractivity contribution < 1.29 is 10.2 Å². The molecule has 1 atom stereocenters. The van der Waals surface area contributed by atoms with E-state index in [1.165, 1.54) is 0 Å². The zero-order valence-corrected chi connectivity index (χ0v) is 6.31. The number of hydrogen-bond acceptors (Lipinski definition) is 4. The first-order valence-corrected chi connectivity index (χ1v) is 3.23. The van der Waals surface area contributed by atoms with E-state index in [0.717, 1.165) is 0 Å². The summed E-state index contributed by atoms with van der Waals surface area (Å²) in [6.07, 6.45) is 0. The summed E-state index contributed by atoms with van der Waals surface area (Å²) in [4.78, 5) is 0. The van der Waals surface area contributed by atoms with Gasteiger partial charge in [-0.1, -0.05) is 0 Å². The monoisotopic (exact) mass is 149 g/mol. The number of rotatable bonds is 1. The van der Waals surface area contributed by atoms with Crippen molar-refractivity contribution in [2.24, 2.45) is 0 Å². The lowest BCUT2D eigenvalue weighted by Crippen LogP contribution is -2.27. The van der Waals surface area contributed by atoms with E-state index in [0.29, 0.717) is 0 Å². The Hall–Kier alpha value is 0.230. The second kappa shape index (κ2) is 1.63. The molecular formula is C5H11NO2S. The molecule has 1 aliphatic heterocycles. The minimum Gasteiger partial charge on any atom is -0.352 e. The van der Waals surface area contributed by atoms with Crippen LogP contribution in [0, 0.1) is 0 Å². The van der Waals surface area contributed by atoms with E-state index in [1.54, 1.807) is 0 Å². The number of nitrogens with one attached hydrogen (secondary N) is 1. The Kier molecular flexibility index (Phi) is 1.33. The third-order valence-electron chi connectivity index (χ3n) is 1.38. The van der Waals surface area contributed by atoms with E-state index >= 15 is 0 Å². The van der Waals surface area contributed by atoms with Gasteiger partial charge in [0.25, 0.3) is 0 Å². The molecule has 0 amide bonds.